The number of hydrogen-bond donors (Lipinski definition) is 0. The molecule has 0 aliphatic heterocycles. The summed E-state index contributed by atoms with van der Waals surface area (Å²) in [5, 5.41) is 0. The van der Waals surface area contributed by atoms with Crippen molar-refractivity contribution in [1.29, 1.82) is 0 Å². The van der Waals surface area contributed by atoms with E-state index in [-0.39, 0.29) is 6.61 Å². The average molecular weight is 231 g/mol. The Morgan fingerprint density at radius 1 is 1.42 bits per heavy atom. The SMILES string of the molecule is FC(Br)=CCOc1ccccc1. The van der Waals surface area contributed by atoms with Gasteiger partial charge in [-0.2, -0.15) is 4.39 Å². The molecule has 0 fully saturated rings. The maximum absolute atomic E-state index is 12.1. The Balaban J connectivity index is 2.39. The fourth-order valence-electron chi connectivity index (χ4n) is 0.718. The molecule has 0 bridgehead atoms. The van der Waals surface area contributed by atoms with Gasteiger partial charge in [0, 0.05) is 0 Å². The van der Waals surface area contributed by atoms with Gasteiger partial charge in [0.25, 0.3) is 0 Å². The highest BCUT2D eigenvalue weighted by atomic mass is 79.9. The van der Waals surface area contributed by atoms with Crippen LogP contribution in [0.15, 0.2) is 41.1 Å². The maximum Gasteiger partial charge on any atom is 0.165 e. The van der Waals surface area contributed by atoms with Crippen molar-refractivity contribution < 1.29 is 9.13 Å². The molecule has 0 atom stereocenters. The van der Waals surface area contributed by atoms with E-state index in [1.807, 2.05) is 30.3 Å². The van der Waals surface area contributed by atoms with Crippen LogP contribution in [0.4, 0.5) is 4.39 Å². The molecule has 0 amide bonds. The van der Waals surface area contributed by atoms with E-state index in [0.717, 1.165) is 5.75 Å². The van der Waals surface area contributed by atoms with Crippen molar-refractivity contribution in [3.63, 3.8) is 0 Å². The van der Waals surface area contributed by atoms with Crippen molar-refractivity contribution in [2.24, 2.45) is 0 Å². The average Bonchev–Trinajstić information content (AvgIpc) is 2.05. The van der Waals surface area contributed by atoms with E-state index in [1.54, 1.807) is 0 Å². The lowest BCUT2D eigenvalue weighted by molar-refractivity contribution is 0.360. The van der Waals surface area contributed by atoms with Gasteiger partial charge in [-0.15, -0.1) is 0 Å². The van der Waals surface area contributed by atoms with Gasteiger partial charge in [-0.3, -0.25) is 0 Å². The smallest absolute Gasteiger partial charge is 0.165 e. The van der Waals surface area contributed by atoms with Crippen molar-refractivity contribution in [2.75, 3.05) is 6.61 Å². The maximum atomic E-state index is 12.1. The van der Waals surface area contributed by atoms with Gasteiger partial charge < -0.3 is 4.74 Å². The van der Waals surface area contributed by atoms with Crippen molar-refractivity contribution in [3.05, 3.63) is 41.1 Å². The molecule has 0 heterocycles. The van der Waals surface area contributed by atoms with E-state index >= 15 is 0 Å². The fourth-order valence-corrected chi connectivity index (χ4v) is 0.850. The first-order valence-electron chi connectivity index (χ1n) is 3.48. The van der Waals surface area contributed by atoms with E-state index in [4.69, 9.17) is 4.74 Å². The quantitative estimate of drug-likeness (QED) is 0.775. The first-order valence-corrected chi connectivity index (χ1v) is 4.27. The van der Waals surface area contributed by atoms with Gasteiger partial charge in [-0.05, 0) is 34.1 Å². The zero-order chi connectivity index (χ0) is 8.81. The number of rotatable bonds is 3. The molecule has 0 spiro atoms. The molecule has 0 saturated heterocycles. The number of benzene rings is 1. The predicted octanol–water partition coefficient (Wildman–Crippen LogP) is 3.27. The molecule has 0 aliphatic rings. The molecule has 1 aromatic rings. The minimum absolute atomic E-state index is 0.237. The summed E-state index contributed by atoms with van der Waals surface area (Å²) >= 11 is 2.66. The number of hydrogen-bond acceptors (Lipinski definition) is 1. The van der Waals surface area contributed by atoms with Crippen molar-refractivity contribution in [1.82, 2.24) is 0 Å². The van der Waals surface area contributed by atoms with Crippen LogP contribution >= 0.6 is 15.9 Å². The molecular weight excluding hydrogens is 223 g/mol. The minimum atomic E-state index is -0.404. The summed E-state index contributed by atoms with van der Waals surface area (Å²) in [6.07, 6.45) is 1.31. The van der Waals surface area contributed by atoms with Crippen LogP contribution in [0.3, 0.4) is 0 Å². The van der Waals surface area contributed by atoms with Gasteiger partial charge in [0.1, 0.15) is 12.4 Å². The molecule has 0 saturated carbocycles. The summed E-state index contributed by atoms with van der Waals surface area (Å²) < 4.78 is 16.9. The molecular formula is C9H8BrFO. The van der Waals surface area contributed by atoms with Gasteiger partial charge in [-0.25, -0.2) is 0 Å². The van der Waals surface area contributed by atoms with E-state index < -0.39 is 4.74 Å². The first-order chi connectivity index (χ1) is 5.79. The second-order valence-corrected chi connectivity index (χ2v) is 2.88. The highest BCUT2D eigenvalue weighted by Gasteiger charge is 1.89. The lowest BCUT2D eigenvalue weighted by Crippen LogP contribution is -1.92. The van der Waals surface area contributed by atoms with Crippen LogP contribution in [0.5, 0.6) is 5.75 Å². The highest BCUT2D eigenvalue weighted by Crippen LogP contribution is 2.09. The van der Waals surface area contributed by atoms with Crippen LogP contribution in [-0.4, -0.2) is 6.61 Å². The Hall–Kier alpha value is -0.830. The summed E-state index contributed by atoms with van der Waals surface area (Å²) in [6.45, 7) is 0.237. The number of para-hydroxylation sites is 1. The third-order valence-electron chi connectivity index (χ3n) is 1.23. The molecule has 0 radical (unpaired) electrons. The summed E-state index contributed by atoms with van der Waals surface area (Å²) in [5.74, 6) is 0.738. The monoisotopic (exact) mass is 230 g/mol. The standard InChI is InChI=1S/C9H8BrFO/c10-9(11)6-7-12-8-4-2-1-3-5-8/h1-6H,7H2. The Morgan fingerprint density at radius 2 is 2.08 bits per heavy atom. The molecule has 1 nitrogen and oxygen atoms in total. The van der Waals surface area contributed by atoms with Crippen LogP contribution in [0.1, 0.15) is 0 Å². The zero-order valence-electron chi connectivity index (χ0n) is 6.34. The number of ether oxygens (including phenoxy) is 1. The summed E-state index contributed by atoms with van der Waals surface area (Å²) in [4.78, 5) is 0. The van der Waals surface area contributed by atoms with E-state index in [2.05, 4.69) is 15.9 Å². The van der Waals surface area contributed by atoms with Crippen LogP contribution in [0.25, 0.3) is 0 Å². The van der Waals surface area contributed by atoms with E-state index in [0.29, 0.717) is 0 Å². The first kappa shape index (κ1) is 9.26. The second-order valence-electron chi connectivity index (χ2n) is 2.12. The summed E-state index contributed by atoms with van der Waals surface area (Å²) in [5.41, 5.74) is 0. The van der Waals surface area contributed by atoms with Gasteiger partial charge in [0.15, 0.2) is 4.74 Å². The number of halogens is 2. The molecule has 64 valence electrons. The van der Waals surface area contributed by atoms with E-state index in [1.165, 1.54) is 6.08 Å². The van der Waals surface area contributed by atoms with E-state index in [9.17, 15) is 4.39 Å². The van der Waals surface area contributed by atoms with Crippen LogP contribution in [-0.2, 0) is 0 Å². The Labute approximate surface area is 79.0 Å². The van der Waals surface area contributed by atoms with Crippen molar-refractivity contribution >= 4 is 15.9 Å². The Kier molecular flexibility index (Phi) is 3.80. The van der Waals surface area contributed by atoms with Crippen molar-refractivity contribution in [3.8, 4) is 5.75 Å². The largest absolute Gasteiger partial charge is 0.489 e. The van der Waals surface area contributed by atoms with Gasteiger partial charge in [0.2, 0.25) is 0 Å². The highest BCUT2D eigenvalue weighted by molar-refractivity contribution is 9.11. The Morgan fingerprint density at radius 3 is 2.67 bits per heavy atom. The molecule has 0 aromatic heterocycles. The molecule has 0 aliphatic carbocycles. The molecule has 0 N–H and O–H groups in total. The topological polar surface area (TPSA) is 9.23 Å². The summed E-state index contributed by atoms with van der Waals surface area (Å²) in [7, 11) is 0. The summed E-state index contributed by atoms with van der Waals surface area (Å²) in [6, 6.07) is 9.26. The lowest BCUT2D eigenvalue weighted by Gasteiger charge is -2.00. The third kappa shape index (κ3) is 3.53. The Bertz CT molecular complexity index is 254. The van der Waals surface area contributed by atoms with Crippen LogP contribution in [0.2, 0.25) is 0 Å². The second kappa shape index (κ2) is 4.93. The van der Waals surface area contributed by atoms with Gasteiger partial charge in [-0.1, -0.05) is 18.2 Å². The minimum Gasteiger partial charge on any atom is -0.489 e. The predicted molar refractivity (Wildman–Crippen MR) is 50.1 cm³/mol. The lowest BCUT2D eigenvalue weighted by atomic mass is 10.3. The van der Waals surface area contributed by atoms with Crippen molar-refractivity contribution in [2.45, 2.75) is 0 Å². The van der Waals surface area contributed by atoms with Crippen LogP contribution < -0.4 is 4.74 Å². The zero-order valence-corrected chi connectivity index (χ0v) is 7.92. The third-order valence-corrected chi connectivity index (χ3v) is 1.55. The van der Waals surface area contributed by atoms with Gasteiger partial charge >= 0.3 is 0 Å². The molecule has 1 aromatic carbocycles. The molecule has 1 rings (SSSR count). The molecule has 0 unspecified atom stereocenters. The van der Waals surface area contributed by atoms with Gasteiger partial charge in [0.05, 0.1) is 0 Å². The normalized spacial score (nSPS) is 11.3. The molecule has 12 heavy (non-hydrogen) atoms. The fraction of sp³-hybridized carbons (Fsp3) is 0.111. The molecule has 3 heteroatoms. The van der Waals surface area contributed by atoms with Crippen LogP contribution in [0, 0.1) is 0 Å².